The Hall–Kier alpha value is -0.910. The van der Waals surface area contributed by atoms with Crippen molar-refractivity contribution in [1.82, 2.24) is 10.2 Å². The fraction of sp³-hybridized carbons (Fsp3) is 0.956. The molecule has 7 saturated carbocycles. The van der Waals surface area contributed by atoms with Crippen molar-refractivity contribution in [2.75, 3.05) is 37.7 Å². The summed E-state index contributed by atoms with van der Waals surface area (Å²) in [5, 5.41) is 24.5. The molecule has 0 aromatic carbocycles. The van der Waals surface area contributed by atoms with E-state index in [-0.39, 0.29) is 57.8 Å². The van der Waals surface area contributed by atoms with Crippen LogP contribution in [-0.4, -0.2) is 91.6 Å². The van der Waals surface area contributed by atoms with Gasteiger partial charge in [-0.25, -0.2) is 0 Å². The predicted octanol–water partition coefficient (Wildman–Crippen LogP) is 8.30. The number of aliphatic carboxylic acids is 1. The van der Waals surface area contributed by atoms with Gasteiger partial charge >= 0.3 is 11.9 Å². The second-order valence-corrected chi connectivity index (χ2v) is 25.3. The normalized spacial score (nSPS) is 48.8. The quantitative estimate of drug-likeness (QED) is 0.146. The summed E-state index contributed by atoms with van der Waals surface area (Å²) in [5.41, 5.74) is 0.468. The summed E-state index contributed by atoms with van der Waals surface area (Å²) in [4.78, 5) is 27.7. The van der Waals surface area contributed by atoms with E-state index < -0.39 is 27.9 Å². The molecule has 5 N–H and O–H groups in total. The minimum atomic E-state index is -2.48. The first-order valence-corrected chi connectivity index (χ1v) is 24.2. The van der Waals surface area contributed by atoms with Crippen LogP contribution in [0.4, 0.5) is 0 Å². The van der Waals surface area contributed by atoms with Crippen molar-refractivity contribution in [3.8, 4) is 0 Å². The lowest BCUT2D eigenvalue weighted by Gasteiger charge is -2.73. The van der Waals surface area contributed by atoms with Gasteiger partial charge in [-0.15, -0.1) is 0 Å². The number of carboxylic acids is 1. The molecule has 0 aromatic rings. The number of nitrogens with one attached hydrogen (secondary N) is 1. The Kier molecular flexibility index (Phi) is 9.88. The van der Waals surface area contributed by atoms with Crippen molar-refractivity contribution in [2.45, 2.75) is 157 Å². The molecule has 1 aliphatic heterocycles. The van der Waals surface area contributed by atoms with Gasteiger partial charge in [-0.2, -0.15) is 10.6 Å². The van der Waals surface area contributed by atoms with E-state index in [1.54, 1.807) is 0 Å². The Balaban J connectivity index is 1.01. The summed E-state index contributed by atoms with van der Waals surface area (Å²) < 4.78 is 27.0. The van der Waals surface area contributed by atoms with Crippen LogP contribution in [-0.2, 0) is 14.3 Å². The van der Waals surface area contributed by atoms with E-state index in [1.165, 1.54) is 57.8 Å². The summed E-state index contributed by atoms with van der Waals surface area (Å²) >= 11 is 0. The summed E-state index contributed by atoms with van der Waals surface area (Å²) in [6.45, 7) is 21.3. The van der Waals surface area contributed by atoms with Crippen LogP contribution in [0.25, 0.3) is 0 Å². The maximum atomic E-state index is 13.7. The molecule has 7 aliphatic carbocycles. The zero-order chi connectivity index (χ0) is 39.8. The standard InChI is InChI=1S/C45H76N2O7S/c1-39(2)31(37(49)50)25-32(39)38(51)54-35-13-14-42(6)33(40(35,3)4)12-15-44(8)34(42)10-9-30-36-29(41(5)17-18-41)11-16-45(36,20-19-43(30,44)7)46-26-28(27-48)47-21-23-55(52,53)24-22-47/h28-36,46,48,52-53H,9-27H2,1-8H3,(H,49,50)/t28-,29+,30+,31-,32+,33-,34+,35-,36+,42-,43+,44+,45-/m0/s1. The van der Waals surface area contributed by atoms with Gasteiger partial charge in [0.05, 0.1) is 29.9 Å². The highest BCUT2D eigenvalue weighted by molar-refractivity contribution is 8.24. The largest absolute Gasteiger partial charge is 0.481 e. The van der Waals surface area contributed by atoms with Crippen molar-refractivity contribution in [2.24, 2.45) is 73.9 Å². The molecule has 8 fully saturated rings. The molecule has 0 amide bonds. The molecule has 0 radical (unpaired) electrons. The van der Waals surface area contributed by atoms with Gasteiger partial charge in [-0.3, -0.25) is 23.6 Å². The smallest absolute Gasteiger partial charge is 0.309 e. The number of ether oxygens (including phenoxy) is 1. The fourth-order valence-electron chi connectivity index (χ4n) is 16.1. The summed E-state index contributed by atoms with van der Waals surface area (Å²) in [5.74, 6) is 2.12. The van der Waals surface area contributed by atoms with Crippen molar-refractivity contribution in [1.29, 1.82) is 0 Å². The van der Waals surface area contributed by atoms with Gasteiger partial charge in [-0.1, -0.05) is 55.4 Å². The van der Waals surface area contributed by atoms with Crippen molar-refractivity contribution < 1.29 is 33.6 Å². The highest BCUT2D eigenvalue weighted by Crippen LogP contribution is 2.78. The number of rotatable bonds is 9. The number of carboxylic acid groups (broad SMARTS) is 1. The first-order valence-electron chi connectivity index (χ1n) is 22.4. The zero-order valence-electron chi connectivity index (χ0n) is 35.5. The maximum Gasteiger partial charge on any atom is 0.309 e. The molecule has 1 heterocycles. The Morgan fingerprint density at radius 2 is 1.45 bits per heavy atom. The van der Waals surface area contributed by atoms with Crippen LogP contribution in [0.1, 0.15) is 139 Å². The van der Waals surface area contributed by atoms with Gasteiger partial charge in [0.15, 0.2) is 0 Å². The first-order chi connectivity index (χ1) is 25.6. The van der Waals surface area contributed by atoms with Gasteiger partial charge in [-0.05, 0) is 140 Å². The number of aliphatic hydroxyl groups is 1. The Labute approximate surface area is 333 Å². The third-order valence-corrected chi connectivity index (χ3v) is 21.9. The molecule has 8 aliphatic rings. The Morgan fingerprint density at radius 3 is 2.07 bits per heavy atom. The lowest BCUT2D eigenvalue weighted by atomic mass is 9.32. The second kappa shape index (κ2) is 13.3. The number of carbonyl (C=O) groups excluding carboxylic acids is 1. The third kappa shape index (κ3) is 6.07. The van der Waals surface area contributed by atoms with Crippen molar-refractivity contribution in [3.05, 3.63) is 0 Å². The molecule has 9 nitrogen and oxygen atoms in total. The monoisotopic (exact) mass is 789 g/mol. The average Bonchev–Trinajstić information content (AvgIpc) is 3.72. The van der Waals surface area contributed by atoms with E-state index in [1.807, 2.05) is 13.8 Å². The van der Waals surface area contributed by atoms with E-state index in [2.05, 4.69) is 51.8 Å². The molecule has 55 heavy (non-hydrogen) atoms. The van der Waals surface area contributed by atoms with E-state index in [0.717, 1.165) is 31.7 Å². The van der Waals surface area contributed by atoms with Gasteiger partial charge in [0.25, 0.3) is 0 Å². The number of hydrogen-bond donors (Lipinski definition) is 5. The molecule has 8 rings (SSSR count). The van der Waals surface area contributed by atoms with E-state index in [9.17, 15) is 28.9 Å². The van der Waals surface area contributed by atoms with Crippen LogP contribution in [0.2, 0.25) is 0 Å². The topological polar surface area (TPSA) is 140 Å². The molecule has 0 spiro atoms. The van der Waals surface area contributed by atoms with E-state index in [0.29, 0.717) is 60.1 Å². The molecule has 0 bridgehead atoms. The Morgan fingerprint density at radius 1 is 0.764 bits per heavy atom. The number of hydrogen-bond acceptors (Lipinski definition) is 8. The number of carbonyl (C=O) groups is 2. The number of esters is 1. The Bertz CT molecular complexity index is 1520. The second-order valence-electron chi connectivity index (χ2n) is 22.9. The first kappa shape index (κ1) is 40.9. The third-order valence-electron chi connectivity index (χ3n) is 20.2. The van der Waals surface area contributed by atoms with Gasteiger partial charge in [0.1, 0.15) is 6.10 Å². The van der Waals surface area contributed by atoms with Crippen molar-refractivity contribution in [3.63, 3.8) is 0 Å². The van der Waals surface area contributed by atoms with Gasteiger partial charge in [0, 0.05) is 36.6 Å². The minimum Gasteiger partial charge on any atom is -0.481 e. The van der Waals surface area contributed by atoms with Crippen LogP contribution in [0.3, 0.4) is 0 Å². The molecule has 0 aromatic heterocycles. The van der Waals surface area contributed by atoms with E-state index >= 15 is 0 Å². The molecule has 1 saturated heterocycles. The van der Waals surface area contributed by atoms with Gasteiger partial charge in [0.2, 0.25) is 0 Å². The SMILES string of the molecule is CC1([C@@H]2CC[C@]3(NC[C@@H](CO)N4CCS(O)(O)CC4)CC[C@]4(C)[C@H](CC[C@@H]5[C@@]6(C)CC[C@H](OC(=O)[C@H]7C[C@@H](C(=O)O)C7(C)C)C(C)(C)[C@@H]6CC[C@]54C)[C@@H]23)CC1. The van der Waals surface area contributed by atoms with Crippen LogP contribution >= 0.6 is 10.6 Å². The lowest BCUT2D eigenvalue weighted by Crippen LogP contribution is -2.69. The predicted molar refractivity (Wildman–Crippen MR) is 218 cm³/mol. The number of aliphatic hydroxyl groups excluding tert-OH is 1. The maximum absolute atomic E-state index is 13.7. The molecule has 10 heteroatoms. The van der Waals surface area contributed by atoms with Crippen LogP contribution < -0.4 is 5.32 Å². The molecule has 314 valence electrons. The van der Waals surface area contributed by atoms with Crippen LogP contribution in [0.15, 0.2) is 0 Å². The average molecular weight is 789 g/mol. The summed E-state index contributed by atoms with van der Waals surface area (Å²) in [6.07, 6.45) is 14.8. The van der Waals surface area contributed by atoms with Crippen LogP contribution in [0.5, 0.6) is 0 Å². The molecular formula is C45H76N2O7S. The van der Waals surface area contributed by atoms with Crippen LogP contribution in [0, 0.1) is 73.9 Å². The molecular weight excluding hydrogens is 713 g/mol. The van der Waals surface area contributed by atoms with E-state index in [4.69, 9.17) is 4.74 Å². The molecule has 0 unspecified atom stereocenters. The zero-order valence-corrected chi connectivity index (χ0v) is 36.3. The minimum absolute atomic E-state index is 0.00231. The summed E-state index contributed by atoms with van der Waals surface area (Å²) in [7, 11) is -2.48. The summed E-state index contributed by atoms with van der Waals surface area (Å²) in [6, 6.07) is -0.00231. The highest BCUT2D eigenvalue weighted by atomic mass is 32.3. The fourth-order valence-corrected chi connectivity index (χ4v) is 17.4. The lowest BCUT2D eigenvalue weighted by molar-refractivity contribution is -0.250. The molecule has 13 atom stereocenters. The van der Waals surface area contributed by atoms with Gasteiger partial charge < -0.3 is 20.3 Å². The van der Waals surface area contributed by atoms with Crippen molar-refractivity contribution >= 4 is 22.5 Å². The highest BCUT2D eigenvalue weighted by Gasteiger charge is 2.72. The number of fused-ring (bicyclic) bond motifs is 7. The number of nitrogens with zero attached hydrogens (tertiary/aromatic N) is 1.